The predicted molar refractivity (Wildman–Crippen MR) is 71.2 cm³/mol. The second-order valence-corrected chi connectivity index (χ2v) is 5.36. The molecule has 104 valence electrons. The smallest absolute Gasteiger partial charge is 0.154 e. The van der Waals surface area contributed by atoms with Gasteiger partial charge in [-0.2, -0.15) is 0 Å². The molecule has 0 rings (SSSR count). The third-order valence-electron chi connectivity index (χ3n) is 2.76. The molecule has 3 heteroatoms. The van der Waals surface area contributed by atoms with Crippen LogP contribution in [-0.2, 0) is 14.2 Å². The van der Waals surface area contributed by atoms with E-state index in [2.05, 4.69) is 20.8 Å². The lowest BCUT2D eigenvalue weighted by molar-refractivity contribution is -0.148. The first kappa shape index (κ1) is 16.9. The van der Waals surface area contributed by atoms with Crippen molar-refractivity contribution in [2.24, 2.45) is 5.41 Å². The summed E-state index contributed by atoms with van der Waals surface area (Å²) in [5.74, 6) is 0. The molecule has 17 heavy (non-hydrogen) atoms. The van der Waals surface area contributed by atoms with Crippen LogP contribution in [-0.4, -0.2) is 33.2 Å². The zero-order valence-corrected chi connectivity index (χ0v) is 12.3. The van der Waals surface area contributed by atoms with Crippen LogP contribution in [0.3, 0.4) is 0 Å². The van der Waals surface area contributed by atoms with E-state index in [4.69, 9.17) is 14.2 Å². The Morgan fingerprint density at radius 3 is 2.35 bits per heavy atom. The lowest BCUT2D eigenvalue weighted by Gasteiger charge is -2.26. The second-order valence-electron chi connectivity index (χ2n) is 5.36. The molecular formula is C14H30O3. The summed E-state index contributed by atoms with van der Waals surface area (Å²) in [6, 6.07) is 0. The largest absolute Gasteiger partial charge is 0.385 e. The van der Waals surface area contributed by atoms with Gasteiger partial charge in [0.25, 0.3) is 0 Å². The molecule has 0 saturated carbocycles. The topological polar surface area (TPSA) is 27.7 Å². The van der Waals surface area contributed by atoms with Crippen molar-refractivity contribution in [2.75, 3.05) is 26.9 Å². The van der Waals surface area contributed by atoms with Crippen LogP contribution < -0.4 is 0 Å². The lowest BCUT2D eigenvalue weighted by atomic mass is 9.89. The fourth-order valence-corrected chi connectivity index (χ4v) is 1.55. The summed E-state index contributed by atoms with van der Waals surface area (Å²) < 4.78 is 16.3. The van der Waals surface area contributed by atoms with Crippen molar-refractivity contribution < 1.29 is 14.2 Å². The molecule has 0 saturated heterocycles. The van der Waals surface area contributed by atoms with Gasteiger partial charge in [-0.3, -0.25) is 0 Å². The van der Waals surface area contributed by atoms with E-state index < -0.39 is 0 Å². The molecule has 0 amide bonds. The molecule has 0 aliphatic rings. The Labute approximate surface area is 107 Å². The minimum absolute atomic E-state index is 0.0942. The van der Waals surface area contributed by atoms with Crippen LogP contribution in [0, 0.1) is 5.41 Å². The van der Waals surface area contributed by atoms with E-state index in [0.717, 1.165) is 45.5 Å². The van der Waals surface area contributed by atoms with E-state index in [1.54, 1.807) is 7.11 Å². The van der Waals surface area contributed by atoms with E-state index in [1.165, 1.54) is 0 Å². The number of hydrogen-bond donors (Lipinski definition) is 0. The molecule has 0 aliphatic heterocycles. The maximum atomic E-state index is 5.72. The minimum atomic E-state index is -0.0942. The van der Waals surface area contributed by atoms with Gasteiger partial charge in [-0.15, -0.1) is 0 Å². The predicted octanol–water partition coefficient (Wildman–Crippen LogP) is 3.62. The van der Waals surface area contributed by atoms with Crippen molar-refractivity contribution in [3.8, 4) is 0 Å². The van der Waals surface area contributed by atoms with Crippen molar-refractivity contribution in [1.29, 1.82) is 0 Å². The Morgan fingerprint density at radius 1 is 1.06 bits per heavy atom. The van der Waals surface area contributed by atoms with Crippen LogP contribution in [0.15, 0.2) is 0 Å². The SMILES string of the molecule is CCCCOC(C)OCC(C)(C)CCCOC. The Hall–Kier alpha value is -0.120. The number of unbranched alkanes of at least 4 members (excludes halogenated alkanes) is 1. The Morgan fingerprint density at radius 2 is 1.76 bits per heavy atom. The van der Waals surface area contributed by atoms with E-state index in [0.29, 0.717) is 0 Å². The van der Waals surface area contributed by atoms with Gasteiger partial charge in [0.1, 0.15) is 0 Å². The van der Waals surface area contributed by atoms with Crippen molar-refractivity contribution >= 4 is 0 Å². The quantitative estimate of drug-likeness (QED) is 0.411. The second kappa shape index (κ2) is 9.86. The summed E-state index contributed by atoms with van der Waals surface area (Å²) in [4.78, 5) is 0. The van der Waals surface area contributed by atoms with Crippen LogP contribution >= 0.6 is 0 Å². The first-order valence-electron chi connectivity index (χ1n) is 6.74. The van der Waals surface area contributed by atoms with Crippen LogP contribution in [0.2, 0.25) is 0 Å². The van der Waals surface area contributed by atoms with Crippen molar-refractivity contribution in [3.05, 3.63) is 0 Å². The van der Waals surface area contributed by atoms with Crippen molar-refractivity contribution in [1.82, 2.24) is 0 Å². The molecular weight excluding hydrogens is 216 g/mol. The molecule has 0 aromatic carbocycles. The van der Waals surface area contributed by atoms with Gasteiger partial charge >= 0.3 is 0 Å². The number of ether oxygens (including phenoxy) is 3. The highest BCUT2D eigenvalue weighted by atomic mass is 16.7. The van der Waals surface area contributed by atoms with E-state index in [9.17, 15) is 0 Å². The van der Waals surface area contributed by atoms with Crippen LogP contribution in [0.4, 0.5) is 0 Å². The van der Waals surface area contributed by atoms with Gasteiger partial charge in [-0.25, -0.2) is 0 Å². The molecule has 0 aromatic rings. The number of hydrogen-bond acceptors (Lipinski definition) is 3. The average Bonchev–Trinajstić information content (AvgIpc) is 2.27. The van der Waals surface area contributed by atoms with E-state index in [-0.39, 0.29) is 11.7 Å². The molecule has 1 unspecified atom stereocenters. The zero-order chi connectivity index (χ0) is 13.1. The van der Waals surface area contributed by atoms with Gasteiger partial charge in [-0.05, 0) is 31.6 Å². The molecule has 0 radical (unpaired) electrons. The van der Waals surface area contributed by atoms with Gasteiger partial charge in [0.05, 0.1) is 6.61 Å². The Kier molecular flexibility index (Phi) is 9.79. The molecule has 0 fully saturated rings. The lowest BCUT2D eigenvalue weighted by Crippen LogP contribution is -2.25. The molecule has 0 heterocycles. The minimum Gasteiger partial charge on any atom is -0.385 e. The normalized spacial score (nSPS) is 13.9. The summed E-state index contributed by atoms with van der Waals surface area (Å²) in [5.41, 5.74) is 0.195. The third kappa shape index (κ3) is 10.7. The number of methoxy groups -OCH3 is 1. The molecule has 0 aromatic heterocycles. The molecule has 1 atom stereocenters. The van der Waals surface area contributed by atoms with Gasteiger partial charge in [0, 0.05) is 20.3 Å². The average molecular weight is 246 g/mol. The molecule has 0 bridgehead atoms. The fraction of sp³-hybridized carbons (Fsp3) is 1.00. The van der Waals surface area contributed by atoms with Gasteiger partial charge in [0.2, 0.25) is 0 Å². The fourth-order valence-electron chi connectivity index (χ4n) is 1.55. The molecule has 0 aliphatic carbocycles. The Bertz CT molecular complexity index is 169. The van der Waals surface area contributed by atoms with E-state index >= 15 is 0 Å². The Balaban J connectivity index is 3.61. The monoisotopic (exact) mass is 246 g/mol. The maximum absolute atomic E-state index is 5.72. The third-order valence-corrected chi connectivity index (χ3v) is 2.76. The summed E-state index contributed by atoms with van der Waals surface area (Å²) in [7, 11) is 1.74. The molecule has 0 spiro atoms. The van der Waals surface area contributed by atoms with Gasteiger partial charge in [0.15, 0.2) is 6.29 Å². The van der Waals surface area contributed by atoms with Gasteiger partial charge < -0.3 is 14.2 Å². The van der Waals surface area contributed by atoms with Crippen molar-refractivity contribution in [2.45, 2.75) is 59.7 Å². The highest BCUT2D eigenvalue weighted by Gasteiger charge is 2.19. The first-order chi connectivity index (χ1) is 8.02. The first-order valence-corrected chi connectivity index (χ1v) is 6.74. The molecule has 0 N–H and O–H groups in total. The summed E-state index contributed by atoms with van der Waals surface area (Å²) >= 11 is 0. The standard InChI is InChI=1S/C14H30O3/c1-6-7-11-16-13(2)17-12-14(3,4)9-8-10-15-5/h13H,6-12H2,1-5H3. The summed E-state index contributed by atoms with van der Waals surface area (Å²) in [5, 5.41) is 0. The summed E-state index contributed by atoms with van der Waals surface area (Å²) in [6.45, 7) is 10.9. The van der Waals surface area contributed by atoms with Crippen LogP contribution in [0.25, 0.3) is 0 Å². The van der Waals surface area contributed by atoms with Gasteiger partial charge in [-0.1, -0.05) is 27.2 Å². The van der Waals surface area contributed by atoms with Crippen LogP contribution in [0.1, 0.15) is 53.4 Å². The highest BCUT2D eigenvalue weighted by Crippen LogP contribution is 2.23. The maximum Gasteiger partial charge on any atom is 0.154 e. The summed E-state index contributed by atoms with van der Waals surface area (Å²) in [6.07, 6.45) is 4.36. The van der Waals surface area contributed by atoms with Crippen molar-refractivity contribution in [3.63, 3.8) is 0 Å². The van der Waals surface area contributed by atoms with E-state index in [1.807, 2.05) is 6.92 Å². The molecule has 3 nitrogen and oxygen atoms in total. The van der Waals surface area contributed by atoms with Crippen LogP contribution in [0.5, 0.6) is 0 Å². The highest BCUT2D eigenvalue weighted by molar-refractivity contribution is 4.67. The number of rotatable bonds is 11. The zero-order valence-electron chi connectivity index (χ0n) is 12.3.